The minimum atomic E-state index is -0.691. The monoisotopic (exact) mass is 492 g/mol. The summed E-state index contributed by atoms with van der Waals surface area (Å²) < 4.78 is 40.1. The maximum absolute atomic E-state index is 14.3. The Morgan fingerprint density at radius 1 is 1.29 bits per heavy atom. The van der Waals surface area contributed by atoms with Crippen LogP contribution in [0.1, 0.15) is 31.9 Å². The molecule has 0 radical (unpaired) electrons. The molecule has 2 heterocycles. The molecule has 2 aromatic heterocycles. The molecule has 3 rings (SSSR count). The van der Waals surface area contributed by atoms with Crippen LogP contribution in [0.4, 0.5) is 13.6 Å². The number of H-pyrrole nitrogens is 2. The SMILES string of the molecule is Cc1c[nH]c2c(=O)[nH]c(=S)n(Cc3cc(F)cc(OC/C(=C/F)CNC(=O)OC(C)(C)C)c3)c12. The summed E-state index contributed by atoms with van der Waals surface area (Å²) in [4.78, 5) is 29.4. The van der Waals surface area contributed by atoms with E-state index in [2.05, 4.69) is 15.3 Å². The van der Waals surface area contributed by atoms with Crippen LogP contribution in [0.5, 0.6) is 5.75 Å². The van der Waals surface area contributed by atoms with Gasteiger partial charge >= 0.3 is 6.09 Å². The number of nitrogens with one attached hydrogen (secondary N) is 3. The Hall–Kier alpha value is -3.47. The molecule has 0 aliphatic carbocycles. The molecule has 0 unspecified atom stereocenters. The minimum Gasteiger partial charge on any atom is -0.489 e. The number of hydrogen-bond donors (Lipinski definition) is 3. The van der Waals surface area contributed by atoms with Gasteiger partial charge in [0.25, 0.3) is 5.56 Å². The van der Waals surface area contributed by atoms with Gasteiger partial charge in [-0.3, -0.25) is 9.78 Å². The van der Waals surface area contributed by atoms with E-state index >= 15 is 0 Å². The molecule has 1 amide bonds. The standard InChI is InChI=1S/C23H26F2N4O4S/c1-13-9-26-18-19(13)29(21(34)28-20(18)30)11-14-5-16(25)7-17(6-14)32-12-15(8-24)10-27-22(31)33-23(2,3)4/h5-9,26H,10-12H2,1-4H3,(H,27,31)(H,28,30,34)/b15-8+. The van der Waals surface area contributed by atoms with Gasteiger partial charge in [-0.15, -0.1) is 0 Å². The third-order valence-electron chi connectivity index (χ3n) is 4.71. The van der Waals surface area contributed by atoms with E-state index in [4.69, 9.17) is 21.7 Å². The number of hydrogen-bond acceptors (Lipinski definition) is 5. The Morgan fingerprint density at radius 2 is 2.03 bits per heavy atom. The molecule has 3 aromatic rings. The summed E-state index contributed by atoms with van der Waals surface area (Å²) in [5.74, 6) is -0.382. The highest BCUT2D eigenvalue weighted by Gasteiger charge is 2.16. The first-order valence-electron chi connectivity index (χ1n) is 10.4. The van der Waals surface area contributed by atoms with Gasteiger partial charge in [0.05, 0.1) is 18.4 Å². The second kappa shape index (κ2) is 10.2. The van der Waals surface area contributed by atoms with E-state index in [0.29, 0.717) is 22.9 Å². The fourth-order valence-electron chi connectivity index (χ4n) is 3.29. The van der Waals surface area contributed by atoms with E-state index < -0.39 is 17.5 Å². The van der Waals surface area contributed by atoms with E-state index in [0.717, 1.165) is 5.56 Å². The smallest absolute Gasteiger partial charge is 0.407 e. The number of alkyl carbamates (subject to hydrolysis) is 1. The van der Waals surface area contributed by atoms with Crippen molar-refractivity contribution in [3.05, 3.63) is 68.4 Å². The third kappa shape index (κ3) is 6.31. The maximum Gasteiger partial charge on any atom is 0.407 e. The van der Waals surface area contributed by atoms with Crippen molar-refractivity contribution in [3.63, 3.8) is 0 Å². The largest absolute Gasteiger partial charge is 0.489 e. The van der Waals surface area contributed by atoms with Crippen LogP contribution in [0.2, 0.25) is 0 Å². The summed E-state index contributed by atoms with van der Waals surface area (Å²) in [5, 5.41) is 2.44. The third-order valence-corrected chi connectivity index (χ3v) is 5.04. The van der Waals surface area contributed by atoms with Crippen molar-refractivity contribution < 1.29 is 23.0 Å². The van der Waals surface area contributed by atoms with Crippen LogP contribution < -0.4 is 15.6 Å². The minimum absolute atomic E-state index is 0.129. The summed E-state index contributed by atoms with van der Waals surface area (Å²) in [7, 11) is 0. The number of halogens is 2. The number of aromatic amines is 2. The average molecular weight is 493 g/mol. The quantitative estimate of drug-likeness (QED) is 0.417. The summed E-state index contributed by atoms with van der Waals surface area (Å²) in [5.41, 5.74) is 1.44. The van der Waals surface area contributed by atoms with Gasteiger partial charge in [-0.05, 0) is 63.2 Å². The zero-order valence-electron chi connectivity index (χ0n) is 19.3. The van der Waals surface area contributed by atoms with Gasteiger partial charge in [0.2, 0.25) is 0 Å². The van der Waals surface area contributed by atoms with Crippen LogP contribution in [-0.4, -0.2) is 39.4 Å². The summed E-state index contributed by atoms with van der Waals surface area (Å²) in [6.07, 6.45) is 1.33. The lowest BCUT2D eigenvalue weighted by atomic mass is 10.2. The van der Waals surface area contributed by atoms with Gasteiger partial charge in [-0.2, -0.15) is 0 Å². The van der Waals surface area contributed by atoms with Crippen LogP contribution in [0.25, 0.3) is 11.0 Å². The highest BCUT2D eigenvalue weighted by Crippen LogP contribution is 2.21. The zero-order valence-corrected chi connectivity index (χ0v) is 20.1. The maximum atomic E-state index is 14.3. The number of carbonyl (C=O) groups excluding carboxylic acids is 1. The number of benzene rings is 1. The second-order valence-electron chi connectivity index (χ2n) is 8.75. The summed E-state index contributed by atoms with van der Waals surface area (Å²) >= 11 is 5.32. The normalized spacial score (nSPS) is 12.1. The molecule has 0 aliphatic rings. The van der Waals surface area contributed by atoms with Crippen LogP contribution in [0.3, 0.4) is 0 Å². The number of fused-ring (bicyclic) bond motifs is 1. The molecule has 11 heteroatoms. The van der Waals surface area contributed by atoms with Crippen molar-refractivity contribution in [1.29, 1.82) is 0 Å². The van der Waals surface area contributed by atoms with E-state index in [1.165, 1.54) is 12.1 Å². The Balaban J connectivity index is 1.73. The summed E-state index contributed by atoms with van der Waals surface area (Å²) in [6.45, 7) is 6.80. The van der Waals surface area contributed by atoms with Gasteiger partial charge in [0, 0.05) is 24.4 Å². The molecule has 0 fully saturated rings. The highest BCUT2D eigenvalue weighted by atomic mass is 32.1. The van der Waals surface area contributed by atoms with E-state index in [1.807, 2.05) is 6.92 Å². The number of aryl methyl sites for hydroxylation is 1. The lowest BCUT2D eigenvalue weighted by Gasteiger charge is -2.20. The molecule has 34 heavy (non-hydrogen) atoms. The number of ether oxygens (including phenoxy) is 2. The molecule has 3 N–H and O–H groups in total. The fraction of sp³-hybridized carbons (Fsp3) is 0.348. The van der Waals surface area contributed by atoms with E-state index in [1.54, 1.807) is 37.6 Å². The van der Waals surface area contributed by atoms with E-state index in [9.17, 15) is 18.4 Å². The number of amides is 1. The first-order valence-corrected chi connectivity index (χ1v) is 10.9. The molecule has 0 saturated carbocycles. The van der Waals surface area contributed by atoms with Gasteiger partial charge < -0.3 is 24.3 Å². The molecule has 0 saturated heterocycles. The molecule has 0 spiro atoms. The summed E-state index contributed by atoms with van der Waals surface area (Å²) in [6, 6.07) is 4.09. The Kier molecular flexibility index (Phi) is 7.55. The Morgan fingerprint density at radius 3 is 2.71 bits per heavy atom. The second-order valence-corrected chi connectivity index (χ2v) is 9.13. The molecular formula is C23H26F2N4O4S. The molecule has 0 atom stereocenters. The van der Waals surface area contributed by atoms with Gasteiger partial charge in [-0.25, -0.2) is 13.6 Å². The predicted molar refractivity (Wildman–Crippen MR) is 127 cm³/mol. The Bertz CT molecular complexity index is 1350. The number of nitrogens with zero attached hydrogens (tertiary/aromatic N) is 1. The fourth-order valence-corrected chi connectivity index (χ4v) is 3.54. The zero-order chi connectivity index (χ0) is 25.0. The van der Waals surface area contributed by atoms with Crippen LogP contribution in [-0.2, 0) is 11.3 Å². The van der Waals surface area contributed by atoms with Gasteiger partial charge in [-0.1, -0.05) is 0 Å². The van der Waals surface area contributed by atoms with Crippen LogP contribution in [0, 0.1) is 17.5 Å². The number of rotatable bonds is 7. The lowest BCUT2D eigenvalue weighted by molar-refractivity contribution is 0.0531. The topological polar surface area (TPSA) is 101 Å². The van der Waals surface area contributed by atoms with Crippen molar-refractivity contribution in [2.45, 2.75) is 39.8 Å². The average Bonchev–Trinajstić information content (AvgIpc) is 3.11. The molecule has 0 aliphatic heterocycles. The number of aromatic nitrogens is 3. The van der Waals surface area contributed by atoms with Crippen molar-refractivity contribution in [2.75, 3.05) is 13.2 Å². The first kappa shape index (κ1) is 25.2. The molecule has 0 bridgehead atoms. The number of carbonyl (C=O) groups is 1. The molecule has 8 nitrogen and oxygen atoms in total. The van der Waals surface area contributed by atoms with E-state index in [-0.39, 0.29) is 41.3 Å². The molecular weight excluding hydrogens is 466 g/mol. The van der Waals surface area contributed by atoms with Crippen LogP contribution in [0.15, 0.2) is 41.1 Å². The molecule has 1 aromatic carbocycles. The van der Waals surface area contributed by atoms with Crippen LogP contribution >= 0.6 is 12.2 Å². The van der Waals surface area contributed by atoms with Crippen molar-refractivity contribution in [1.82, 2.24) is 19.9 Å². The highest BCUT2D eigenvalue weighted by molar-refractivity contribution is 7.71. The predicted octanol–water partition coefficient (Wildman–Crippen LogP) is 4.64. The molecule has 182 valence electrons. The van der Waals surface area contributed by atoms with Crippen molar-refractivity contribution in [3.8, 4) is 5.75 Å². The van der Waals surface area contributed by atoms with Gasteiger partial charge in [0.15, 0.2) is 4.77 Å². The van der Waals surface area contributed by atoms with Crippen molar-refractivity contribution >= 4 is 29.3 Å². The van der Waals surface area contributed by atoms with Gasteiger partial charge in [0.1, 0.15) is 29.3 Å². The van der Waals surface area contributed by atoms with Crippen molar-refractivity contribution in [2.24, 2.45) is 0 Å². The Labute approximate surface area is 199 Å². The first-order chi connectivity index (χ1) is 16.0. The lowest BCUT2D eigenvalue weighted by Crippen LogP contribution is -2.34.